The maximum absolute atomic E-state index is 12.4. The van der Waals surface area contributed by atoms with Crippen molar-refractivity contribution in [2.75, 3.05) is 0 Å². The number of rotatable bonds is 5. The monoisotopic (exact) mass is 337 g/mol. The van der Waals surface area contributed by atoms with Gasteiger partial charge in [0.05, 0.1) is 0 Å². The fourth-order valence-electron chi connectivity index (χ4n) is 2.36. The summed E-state index contributed by atoms with van der Waals surface area (Å²) in [6.45, 7) is 10.8. The van der Waals surface area contributed by atoms with Crippen LogP contribution in [-0.4, -0.2) is 10.4 Å². The Bertz CT molecular complexity index is 820. The first kappa shape index (κ1) is 18.1. The Kier molecular flexibility index (Phi) is 5.68. The van der Waals surface area contributed by atoms with Crippen LogP contribution in [-0.2, 0) is 12.0 Å². The third-order valence-electron chi connectivity index (χ3n) is 3.83. The zero-order chi connectivity index (χ0) is 17.7. The molecule has 0 aliphatic carbocycles. The van der Waals surface area contributed by atoms with Crippen molar-refractivity contribution in [1.82, 2.24) is 4.57 Å². The van der Waals surface area contributed by atoms with Crippen LogP contribution in [0, 0.1) is 4.64 Å². The van der Waals surface area contributed by atoms with Crippen LogP contribution in [0.5, 0.6) is 0 Å². The van der Waals surface area contributed by atoms with Gasteiger partial charge in [0.2, 0.25) is 0 Å². The number of hydrogen-bond acceptors (Lipinski definition) is 2. The number of carbonyl (C=O) groups excluding carboxylic acids is 1. The molecule has 2 rings (SSSR count). The average molecular weight is 337 g/mol. The normalized spacial score (nSPS) is 11.6. The summed E-state index contributed by atoms with van der Waals surface area (Å²) in [5.41, 5.74) is 2.83. The highest BCUT2D eigenvalue weighted by atomic mass is 32.1. The van der Waals surface area contributed by atoms with Crippen molar-refractivity contribution < 1.29 is 4.79 Å². The topological polar surface area (TPSA) is 22.0 Å². The lowest BCUT2D eigenvalue weighted by molar-refractivity contribution is 0.104. The van der Waals surface area contributed by atoms with Crippen LogP contribution in [0.15, 0.2) is 61.3 Å². The molecule has 0 N–H and O–H groups in total. The van der Waals surface area contributed by atoms with E-state index in [4.69, 9.17) is 12.2 Å². The highest BCUT2D eigenvalue weighted by Gasteiger charge is 2.13. The number of allylic oxidation sites excluding steroid dienone is 2. The Morgan fingerprint density at radius 1 is 1.21 bits per heavy atom. The summed E-state index contributed by atoms with van der Waals surface area (Å²) in [5, 5.41) is 0. The zero-order valence-electron chi connectivity index (χ0n) is 14.5. The van der Waals surface area contributed by atoms with E-state index in [0.29, 0.717) is 16.7 Å². The predicted octanol–water partition coefficient (Wildman–Crippen LogP) is 5.60. The first-order valence-electron chi connectivity index (χ1n) is 7.96. The molecule has 3 heteroatoms. The van der Waals surface area contributed by atoms with Gasteiger partial charge in [-0.25, -0.2) is 0 Å². The predicted molar refractivity (Wildman–Crippen MR) is 104 cm³/mol. The van der Waals surface area contributed by atoms with Gasteiger partial charge in [-0.15, -0.1) is 6.58 Å². The Labute approximate surface area is 149 Å². The molecule has 124 valence electrons. The number of aromatic nitrogens is 1. The Morgan fingerprint density at radius 3 is 2.46 bits per heavy atom. The van der Waals surface area contributed by atoms with Crippen LogP contribution in [0.1, 0.15) is 42.3 Å². The lowest BCUT2D eigenvalue weighted by Crippen LogP contribution is -2.11. The van der Waals surface area contributed by atoms with Crippen molar-refractivity contribution in [2.45, 2.75) is 32.7 Å². The molecule has 0 amide bonds. The van der Waals surface area contributed by atoms with Crippen LogP contribution in [0.25, 0.3) is 6.08 Å². The summed E-state index contributed by atoms with van der Waals surface area (Å²) < 4.78 is 2.62. The fraction of sp³-hybridized carbons (Fsp3) is 0.238. The maximum atomic E-state index is 12.4. The van der Waals surface area contributed by atoms with Gasteiger partial charge in [-0.3, -0.25) is 4.79 Å². The molecule has 1 aromatic heterocycles. The van der Waals surface area contributed by atoms with Gasteiger partial charge >= 0.3 is 0 Å². The molecule has 1 heterocycles. The number of ketones is 1. The molecular weight excluding hydrogens is 314 g/mol. The van der Waals surface area contributed by atoms with Crippen molar-refractivity contribution in [1.29, 1.82) is 0 Å². The lowest BCUT2D eigenvalue weighted by atomic mass is 9.86. The molecule has 0 spiro atoms. The molecule has 2 aromatic rings. The smallest absolute Gasteiger partial charge is 0.185 e. The van der Waals surface area contributed by atoms with Gasteiger partial charge in [0.15, 0.2) is 5.78 Å². The minimum atomic E-state index is -0.0241. The number of nitrogens with zero attached hydrogens (tertiary/aromatic N) is 1. The van der Waals surface area contributed by atoms with Crippen molar-refractivity contribution in [3.8, 4) is 0 Å². The quantitative estimate of drug-likeness (QED) is 0.307. The van der Waals surface area contributed by atoms with Gasteiger partial charge in [-0.05, 0) is 29.2 Å². The Balaban J connectivity index is 2.21. The first-order valence-corrected chi connectivity index (χ1v) is 8.37. The third kappa shape index (κ3) is 4.39. The van der Waals surface area contributed by atoms with E-state index in [1.165, 1.54) is 5.56 Å². The van der Waals surface area contributed by atoms with Crippen molar-refractivity contribution in [2.24, 2.45) is 0 Å². The highest BCUT2D eigenvalue weighted by Crippen LogP contribution is 2.22. The highest BCUT2D eigenvalue weighted by molar-refractivity contribution is 7.71. The summed E-state index contributed by atoms with van der Waals surface area (Å²) >= 11 is 5.44. The molecular formula is C21H23NOS. The van der Waals surface area contributed by atoms with E-state index >= 15 is 0 Å². The second-order valence-corrected chi connectivity index (χ2v) is 7.12. The van der Waals surface area contributed by atoms with Gasteiger partial charge in [0, 0.05) is 23.9 Å². The SMILES string of the molecule is C=CCn1cccc(/C=C/C(=O)c2ccc(C(C)(C)C)cc2)c1=S. The van der Waals surface area contributed by atoms with Gasteiger partial charge in [-0.2, -0.15) is 0 Å². The van der Waals surface area contributed by atoms with E-state index in [-0.39, 0.29) is 11.2 Å². The van der Waals surface area contributed by atoms with Gasteiger partial charge in [0.25, 0.3) is 0 Å². The number of carbonyl (C=O) groups is 1. The van der Waals surface area contributed by atoms with Crippen LogP contribution in [0.4, 0.5) is 0 Å². The minimum Gasteiger partial charge on any atom is -0.335 e. The van der Waals surface area contributed by atoms with E-state index < -0.39 is 0 Å². The first-order chi connectivity index (χ1) is 11.3. The lowest BCUT2D eigenvalue weighted by Gasteiger charge is -2.18. The van der Waals surface area contributed by atoms with E-state index in [1.54, 1.807) is 18.2 Å². The summed E-state index contributed by atoms with van der Waals surface area (Å²) in [5.74, 6) is -0.0241. The Hall–Kier alpha value is -2.26. The van der Waals surface area contributed by atoms with Gasteiger partial charge in [-0.1, -0.05) is 69.4 Å². The molecule has 0 saturated heterocycles. The van der Waals surface area contributed by atoms with Crippen LogP contribution in [0.2, 0.25) is 0 Å². The van der Waals surface area contributed by atoms with Crippen LogP contribution >= 0.6 is 12.2 Å². The Morgan fingerprint density at radius 2 is 1.88 bits per heavy atom. The number of hydrogen-bond donors (Lipinski definition) is 0. The van der Waals surface area contributed by atoms with Crippen molar-refractivity contribution in [3.63, 3.8) is 0 Å². The molecule has 0 saturated carbocycles. The molecule has 0 atom stereocenters. The summed E-state index contributed by atoms with van der Waals surface area (Å²) in [7, 11) is 0. The van der Waals surface area contributed by atoms with E-state index in [9.17, 15) is 4.79 Å². The molecule has 1 aromatic carbocycles. The van der Waals surface area contributed by atoms with E-state index in [1.807, 2.05) is 47.2 Å². The van der Waals surface area contributed by atoms with Crippen LogP contribution in [0.3, 0.4) is 0 Å². The molecule has 0 fully saturated rings. The second-order valence-electron chi connectivity index (χ2n) is 6.73. The van der Waals surface area contributed by atoms with E-state index in [2.05, 4.69) is 27.4 Å². The molecule has 2 nitrogen and oxygen atoms in total. The fourth-order valence-corrected chi connectivity index (χ4v) is 2.63. The van der Waals surface area contributed by atoms with Gasteiger partial charge in [0.1, 0.15) is 4.64 Å². The maximum Gasteiger partial charge on any atom is 0.185 e. The summed E-state index contributed by atoms with van der Waals surface area (Å²) in [6.07, 6.45) is 7.07. The molecule has 0 radical (unpaired) electrons. The molecule has 0 aliphatic heterocycles. The van der Waals surface area contributed by atoms with Crippen LogP contribution < -0.4 is 0 Å². The molecule has 24 heavy (non-hydrogen) atoms. The molecule has 0 unspecified atom stereocenters. The zero-order valence-corrected chi connectivity index (χ0v) is 15.3. The largest absolute Gasteiger partial charge is 0.335 e. The standard InChI is InChI=1S/C21H23NOS/c1-5-14-22-15-6-7-17(20(22)24)10-13-19(23)16-8-11-18(12-9-16)21(2,3)4/h5-13,15H,1,14H2,2-4H3/b13-10+. The number of pyridine rings is 1. The van der Waals surface area contributed by atoms with Crippen molar-refractivity contribution >= 4 is 24.1 Å². The second kappa shape index (κ2) is 7.54. The van der Waals surface area contributed by atoms with Crippen molar-refractivity contribution in [3.05, 3.63) is 82.7 Å². The van der Waals surface area contributed by atoms with E-state index in [0.717, 1.165) is 5.56 Å². The van der Waals surface area contributed by atoms with Gasteiger partial charge < -0.3 is 4.57 Å². The summed E-state index contributed by atoms with van der Waals surface area (Å²) in [4.78, 5) is 12.4. The summed E-state index contributed by atoms with van der Waals surface area (Å²) in [6, 6.07) is 11.6. The third-order valence-corrected chi connectivity index (χ3v) is 4.30. The average Bonchev–Trinajstić information content (AvgIpc) is 2.55. The number of benzene rings is 1. The molecule has 0 aliphatic rings. The minimum absolute atomic E-state index is 0.0241. The molecule has 0 bridgehead atoms.